The fourth-order valence-electron chi connectivity index (χ4n) is 5.61. The van der Waals surface area contributed by atoms with Crippen molar-refractivity contribution in [3.8, 4) is 17.2 Å². The minimum atomic E-state index is -0.447. The van der Waals surface area contributed by atoms with Crippen LogP contribution in [-0.4, -0.2) is 28.1 Å². The molecule has 2 amide bonds. The van der Waals surface area contributed by atoms with Crippen molar-refractivity contribution in [1.82, 2.24) is 9.78 Å². The van der Waals surface area contributed by atoms with E-state index in [1.807, 2.05) is 24.3 Å². The molecule has 0 bridgehead atoms. The zero-order chi connectivity index (χ0) is 27.0. The number of amides is 2. The second-order valence-electron chi connectivity index (χ2n) is 10.2. The summed E-state index contributed by atoms with van der Waals surface area (Å²) in [6, 6.07) is 25.0. The molecule has 2 heterocycles. The van der Waals surface area contributed by atoms with E-state index < -0.39 is 5.91 Å². The molecule has 0 spiro atoms. The van der Waals surface area contributed by atoms with Crippen molar-refractivity contribution in [3.05, 3.63) is 101 Å². The molecule has 39 heavy (non-hydrogen) atoms. The largest absolute Gasteiger partial charge is 0.322 e. The van der Waals surface area contributed by atoms with E-state index in [1.54, 1.807) is 33.8 Å². The number of carbonyl (C=O) groups is 2. The van der Waals surface area contributed by atoms with Gasteiger partial charge in [-0.1, -0.05) is 55.3 Å². The van der Waals surface area contributed by atoms with Gasteiger partial charge in [0.25, 0.3) is 11.8 Å². The summed E-state index contributed by atoms with van der Waals surface area (Å²) in [7, 11) is 0. The zero-order valence-electron chi connectivity index (χ0n) is 21.4. The van der Waals surface area contributed by atoms with E-state index in [-0.39, 0.29) is 22.7 Å². The van der Waals surface area contributed by atoms with Crippen LogP contribution in [0.2, 0.25) is 0 Å². The van der Waals surface area contributed by atoms with E-state index in [9.17, 15) is 9.59 Å². The molecule has 8 nitrogen and oxygen atoms in total. The minimum absolute atomic E-state index is 0.198. The second kappa shape index (κ2) is 9.86. The lowest BCUT2D eigenvalue weighted by molar-refractivity contribution is 0.0947. The van der Waals surface area contributed by atoms with Crippen LogP contribution < -0.4 is 16.0 Å². The van der Waals surface area contributed by atoms with Gasteiger partial charge in [-0.15, -0.1) is 0 Å². The molecule has 2 aliphatic rings. The number of benzene rings is 3. The lowest BCUT2D eigenvalue weighted by Gasteiger charge is -2.28. The smallest absolute Gasteiger partial charge is 0.277 e. The molecule has 0 unspecified atom stereocenters. The molecule has 6 rings (SSSR count). The van der Waals surface area contributed by atoms with Gasteiger partial charge in [0.05, 0.1) is 29.9 Å². The third kappa shape index (κ3) is 4.58. The predicted molar refractivity (Wildman–Crippen MR) is 149 cm³/mol. The lowest BCUT2D eigenvalue weighted by atomic mass is 9.88. The number of fused-ring (bicyclic) bond motifs is 1. The summed E-state index contributed by atoms with van der Waals surface area (Å²) >= 11 is 0. The summed E-state index contributed by atoms with van der Waals surface area (Å²) < 4.78 is 1.57. The van der Waals surface area contributed by atoms with E-state index >= 15 is 0 Å². The van der Waals surface area contributed by atoms with Crippen LogP contribution in [0.4, 0.5) is 11.4 Å². The molecule has 0 atom stereocenters. The Balaban J connectivity index is 1.20. The molecule has 3 aromatic carbocycles. The fraction of sp³-hybridized carbons (Fsp3) is 0.226. The number of nitrogens with one attached hydrogen (secondary N) is 1. The van der Waals surface area contributed by atoms with Crippen molar-refractivity contribution >= 4 is 23.2 Å². The molecular weight excluding hydrogens is 488 g/mol. The average molecular weight is 517 g/mol. The monoisotopic (exact) mass is 516 g/mol. The Bertz CT molecular complexity index is 1590. The van der Waals surface area contributed by atoms with Gasteiger partial charge >= 0.3 is 0 Å². The number of hydrogen-bond donors (Lipinski definition) is 2. The van der Waals surface area contributed by atoms with E-state index in [2.05, 4.69) is 40.8 Å². The normalized spacial score (nSPS) is 16.0. The molecule has 0 radical (unpaired) electrons. The number of rotatable bonds is 5. The van der Waals surface area contributed by atoms with Gasteiger partial charge in [-0.05, 0) is 59.9 Å². The molecule has 1 aromatic heterocycles. The van der Waals surface area contributed by atoms with E-state index in [0.29, 0.717) is 24.3 Å². The van der Waals surface area contributed by atoms with Gasteiger partial charge in [-0.2, -0.15) is 10.4 Å². The molecule has 1 saturated carbocycles. The van der Waals surface area contributed by atoms with Crippen LogP contribution in [-0.2, 0) is 12.1 Å². The topological polar surface area (TPSA) is 117 Å². The van der Waals surface area contributed by atoms with Gasteiger partial charge in [0.15, 0.2) is 0 Å². The molecule has 1 aliphatic heterocycles. The third-order valence-corrected chi connectivity index (χ3v) is 7.78. The van der Waals surface area contributed by atoms with Gasteiger partial charge in [-0.25, -0.2) is 0 Å². The maximum Gasteiger partial charge on any atom is 0.277 e. The highest BCUT2D eigenvalue weighted by molar-refractivity contribution is 6.15. The van der Waals surface area contributed by atoms with E-state index in [1.165, 1.54) is 24.6 Å². The highest BCUT2D eigenvalue weighted by atomic mass is 16.2. The molecule has 8 heteroatoms. The first-order chi connectivity index (χ1) is 18.9. The highest BCUT2D eigenvalue weighted by Crippen LogP contribution is 2.37. The van der Waals surface area contributed by atoms with E-state index in [0.717, 1.165) is 29.7 Å². The van der Waals surface area contributed by atoms with Crippen molar-refractivity contribution in [2.45, 2.75) is 37.8 Å². The van der Waals surface area contributed by atoms with Crippen molar-refractivity contribution in [2.75, 3.05) is 16.8 Å². The first-order valence-electron chi connectivity index (χ1n) is 13.1. The Morgan fingerprint density at radius 2 is 1.67 bits per heavy atom. The van der Waals surface area contributed by atoms with Gasteiger partial charge in [0.2, 0.25) is 0 Å². The Morgan fingerprint density at radius 1 is 0.974 bits per heavy atom. The van der Waals surface area contributed by atoms with Crippen LogP contribution in [0.25, 0.3) is 11.1 Å². The number of hydrogen-bond acceptors (Lipinski definition) is 5. The summed E-state index contributed by atoms with van der Waals surface area (Å²) in [4.78, 5) is 28.2. The quantitative estimate of drug-likeness (QED) is 0.384. The number of carbonyl (C=O) groups excluding carboxylic acids is 2. The summed E-state index contributed by atoms with van der Waals surface area (Å²) in [6.07, 6.45) is 5.84. The maximum atomic E-state index is 13.5. The molecule has 0 saturated heterocycles. The molecule has 194 valence electrons. The van der Waals surface area contributed by atoms with Crippen molar-refractivity contribution in [1.29, 1.82) is 5.26 Å². The molecule has 3 N–H and O–H groups in total. The minimum Gasteiger partial charge on any atom is -0.322 e. The van der Waals surface area contributed by atoms with Crippen LogP contribution in [0.5, 0.6) is 0 Å². The predicted octanol–water partition coefficient (Wildman–Crippen LogP) is 5.06. The summed E-state index contributed by atoms with van der Waals surface area (Å²) in [6.45, 7) is 0.924. The average Bonchev–Trinajstić information content (AvgIpc) is 3.61. The first-order valence-corrected chi connectivity index (χ1v) is 13.1. The van der Waals surface area contributed by atoms with Crippen molar-refractivity contribution < 1.29 is 9.59 Å². The first kappa shape index (κ1) is 24.6. The van der Waals surface area contributed by atoms with Crippen molar-refractivity contribution in [3.63, 3.8) is 0 Å². The number of aromatic nitrogens is 2. The lowest BCUT2D eigenvalue weighted by Crippen LogP contribution is -2.41. The third-order valence-electron chi connectivity index (χ3n) is 7.78. The summed E-state index contributed by atoms with van der Waals surface area (Å²) in [5, 5.41) is 16.2. The molecule has 1 aliphatic carbocycles. The van der Waals surface area contributed by atoms with E-state index in [4.69, 9.17) is 11.0 Å². The SMILES string of the molecule is N#Cc1cccc(NC(=O)c2cnn3c2C(=O)N(c2ccc(-c4ccc(C5(N)CCCC5)cc4)cc2)CC3)c1. The van der Waals surface area contributed by atoms with Crippen LogP contribution in [0.15, 0.2) is 79.0 Å². The fourth-order valence-corrected chi connectivity index (χ4v) is 5.61. The summed E-state index contributed by atoms with van der Waals surface area (Å²) in [5.74, 6) is -0.728. The van der Waals surface area contributed by atoms with Crippen LogP contribution >= 0.6 is 0 Å². The highest BCUT2D eigenvalue weighted by Gasteiger charge is 2.32. The zero-order valence-corrected chi connectivity index (χ0v) is 21.4. The van der Waals surface area contributed by atoms with Gasteiger partial charge in [-0.3, -0.25) is 14.3 Å². The Labute approximate surface area is 226 Å². The second-order valence-corrected chi connectivity index (χ2v) is 10.2. The molecule has 4 aromatic rings. The van der Waals surface area contributed by atoms with Crippen molar-refractivity contribution in [2.24, 2.45) is 5.73 Å². The van der Waals surface area contributed by atoms with Crippen LogP contribution in [0, 0.1) is 11.3 Å². The van der Waals surface area contributed by atoms with Gasteiger partial charge < -0.3 is 16.0 Å². The van der Waals surface area contributed by atoms with Gasteiger partial charge in [0, 0.05) is 23.5 Å². The Morgan fingerprint density at radius 3 is 2.36 bits per heavy atom. The Kier molecular flexibility index (Phi) is 6.21. The molecule has 1 fully saturated rings. The summed E-state index contributed by atoms with van der Waals surface area (Å²) in [5.41, 5.74) is 11.9. The van der Waals surface area contributed by atoms with Gasteiger partial charge in [0.1, 0.15) is 5.69 Å². The Hall–Kier alpha value is -4.74. The van der Waals surface area contributed by atoms with Crippen LogP contribution in [0.1, 0.15) is 57.7 Å². The number of nitrogens with two attached hydrogens (primary N) is 1. The maximum absolute atomic E-state index is 13.5. The standard InChI is InChI=1S/C31H28N6O2/c32-19-21-4-3-5-25(18-21)35-29(38)27-20-34-37-17-16-36(30(39)28(27)37)26-12-8-23(9-13-26)22-6-10-24(11-7-22)31(33)14-1-2-15-31/h3-13,18,20H,1-2,14-17,33H2,(H,35,38). The molecular formula is C31H28N6O2. The van der Waals surface area contributed by atoms with Crippen LogP contribution in [0.3, 0.4) is 0 Å². The number of nitriles is 1. The number of anilines is 2. The number of nitrogens with zero attached hydrogens (tertiary/aromatic N) is 4.